The number of benzene rings is 1. The summed E-state index contributed by atoms with van der Waals surface area (Å²) in [6.45, 7) is 4.76. The zero-order valence-corrected chi connectivity index (χ0v) is 12.3. The van der Waals surface area contributed by atoms with E-state index in [1.807, 2.05) is 31.2 Å². The second-order valence-corrected chi connectivity index (χ2v) is 5.63. The Labute approximate surface area is 123 Å². The van der Waals surface area contributed by atoms with E-state index >= 15 is 0 Å². The first-order valence-electron chi connectivity index (χ1n) is 6.82. The van der Waals surface area contributed by atoms with Crippen molar-refractivity contribution in [3.05, 3.63) is 35.4 Å². The first-order valence-corrected chi connectivity index (χ1v) is 6.82. The van der Waals surface area contributed by atoms with Crippen LogP contribution < -0.4 is 5.32 Å². The number of aryl methyl sites for hydroxylation is 1. The van der Waals surface area contributed by atoms with Gasteiger partial charge in [0.15, 0.2) is 0 Å². The van der Waals surface area contributed by atoms with E-state index in [2.05, 4.69) is 5.32 Å². The highest BCUT2D eigenvalue weighted by Gasteiger charge is 2.42. The minimum absolute atomic E-state index is 0.160. The van der Waals surface area contributed by atoms with Gasteiger partial charge in [-0.2, -0.15) is 0 Å². The molecule has 2 N–H and O–H groups in total. The van der Waals surface area contributed by atoms with Crippen LogP contribution in [0.2, 0.25) is 0 Å². The zero-order chi connectivity index (χ0) is 15.5. The normalized spacial score (nSPS) is 16.2. The van der Waals surface area contributed by atoms with Crippen molar-refractivity contribution in [2.24, 2.45) is 0 Å². The SMILES string of the molecule is Cc1ccc(CNC(=O)N2CC(C)(OCC(=O)O)C2)cc1. The van der Waals surface area contributed by atoms with Crippen molar-refractivity contribution in [3.8, 4) is 0 Å². The van der Waals surface area contributed by atoms with Crippen LogP contribution >= 0.6 is 0 Å². The second kappa shape index (κ2) is 6.13. The Morgan fingerprint density at radius 2 is 1.95 bits per heavy atom. The fraction of sp³-hybridized carbons (Fsp3) is 0.467. The number of urea groups is 1. The zero-order valence-electron chi connectivity index (χ0n) is 12.3. The fourth-order valence-corrected chi connectivity index (χ4v) is 2.23. The number of likely N-dealkylation sites (tertiary alicyclic amines) is 1. The molecule has 0 unspecified atom stereocenters. The van der Waals surface area contributed by atoms with Crippen LogP contribution in [0.5, 0.6) is 0 Å². The molecule has 1 fully saturated rings. The van der Waals surface area contributed by atoms with Crippen LogP contribution in [0, 0.1) is 6.92 Å². The third-order valence-electron chi connectivity index (χ3n) is 3.45. The number of ether oxygens (including phenoxy) is 1. The van der Waals surface area contributed by atoms with Gasteiger partial charge in [-0.3, -0.25) is 0 Å². The molecule has 0 spiro atoms. The number of carbonyl (C=O) groups excluding carboxylic acids is 1. The van der Waals surface area contributed by atoms with Crippen LogP contribution in [-0.2, 0) is 16.1 Å². The third-order valence-corrected chi connectivity index (χ3v) is 3.45. The summed E-state index contributed by atoms with van der Waals surface area (Å²) < 4.78 is 5.26. The Morgan fingerprint density at radius 3 is 2.52 bits per heavy atom. The Balaban J connectivity index is 1.73. The van der Waals surface area contributed by atoms with E-state index in [9.17, 15) is 9.59 Å². The van der Waals surface area contributed by atoms with Gasteiger partial charge in [-0.25, -0.2) is 9.59 Å². The number of hydrogen-bond donors (Lipinski definition) is 2. The lowest BCUT2D eigenvalue weighted by Gasteiger charge is -2.46. The van der Waals surface area contributed by atoms with E-state index in [4.69, 9.17) is 9.84 Å². The molecule has 1 aromatic carbocycles. The Bertz CT molecular complexity index is 521. The molecule has 114 valence electrons. The summed E-state index contributed by atoms with van der Waals surface area (Å²) in [5.74, 6) is -1.00. The molecule has 2 amide bonds. The average molecular weight is 292 g/mol. The summed E-state index contributed by atoms with van der Waals surface area (Å²) >= 11 is 0. The maximum atomic E-state index is 11.9. The molecule has 1 heterocycles. The molecule has 21 heavy (non-hydrogen) atoms. The molecule has 0 aromatic heterocycles. The second-order valence-electron chi connectivity index (χ2n) is 5.63. The quantitative estimate of drug-likeness (QED) is 0.859. The van der Waals surface area contributed by atoms with E-state index in [1.54, 1.807) is 11.8 Å². The summed E-state index contributed by atoms with van der Waals surface area (Å²) in [6.07, 6.45) is 0. The van der Waals surface area contributed by atoms with Crippen molar-refractivity contribution in [1.82, 2.24) is 10.2 Å². The van der Waals surface area contributed by atoms with Gasteiger partial charge in [-0.15, -0.1) is 0 Å². The highest BCUT2D eigenvalue weighted by Crippen LogP contribution is 2.24. The van der Waals surface area contributed by atoms with Crippen molar-refractivity contribution in [3.63, 3.8) is 0 Å². The van der Waals surface area contributed by atoms with Gasteiger partial charge in [-0.05, 0) is 19.4 Å². The minimum Gasteiger partial charge on any atom is -0.480 e. The fourth-order valence-electron chi connectivity index (χ4n) is 2.23. The summed E-state index contributed by atoms with van der Waals surface area (Å²) in [6, 6.07) is 7.80. The number of nitrogens with one attached hydrogen (secondary N) is 1. The van der Waals surface area contributed by atoms with E-state index < -0.39 is 11.6 Å². The lowest BCUT2D eigenvalue weighted by atomic mass is 9.97. The summed E-state index contributed by atoms with van der Waals surface area (Å²) in [5, 5.41) is 11.4. The van der Waals surface area contributed by atoms with Gasteiger partial charge >= 0.3 is 12.0 Å². The number of carboxylic acids is 1. The molecule has 0 saturated carbocycles. The molecule has 0 atom stereocenters. The van der Waals surface area contributed by atoms with Gasteiger partial charge in [-0.1, -0.05) is 29.8 Å². The van der Waals surface area contributed by atoms with Crippen LogP contribution in [0.15, 0.2) is 24.3 Å². The van der Waals surface area contributed by atoms with E-state index in [0.29, 0.717) is 19.6 Å². The molecular weight excluding hydrogens is 272 g/mol. The first kappa shape index (κ1) is 15.3. The van der Waals surface area contributed by atoms with E-state index in [0.717, 1.165) is 5.56 Å². The maximum absolute atomic E-state index is 11.9. The number of aliphatic carboxylic acids is 1. The molecule has 0 aliphatic carbocycles. The van der Waals surface area contributed by atoms with Gasteiger partial charge in [0, 0.05) is 6.54 Å². The molecule has 2 rings (SSSR count). The van der Waals surface area contributed by atoms with Crippen LogP contribution in [0.4, 0.5) is 4.79 Å². The summed E-state index contributed by atoms with van der Waals surface area (Å²) in [7, 11) is 0. The molecule has 6 nitrogen and oxygen atoms in total. The monoisotopic (exact) mass is 292 g/mol. The van der Waals surface area contributed by atoms with Gasteiger partial charge in [0.2, 0.25) is 0 Å². The van der Waals surface area contributed by atoms with Crippen molar-refractivity contribution in [2.75, 3.05) is 19.7 Å². The Kier molecular flexibility index (Phi) is 4.47. The molecule has 6 heteroatoms. The van der Waals surface area contributed by atoms with Gasteiger partial charge in [0.05, 0.1) is 13.1 Å². The highest BCUT2D eigenvalue weighted by molar-refractivity contribution is 5.75. The lowest BCUT2D eigenvalue weighted by molar-refractivity contribution is -0.159. The van der Waals surface area contributed by atoms with Gasteiger partial charge < -0.3 is 20.1 Å². The van der Waals surface area contributed by atoms with Gasteiger partial charge in [0.1, 0.15) is 12.2 Å². The standard InChI is InChI=1S/C15H20N2O4/c1-11-3-5-12(6-4-11)7-16-14(20)17-9-15(2,10-17)21-8-13(18)19/h3-6H,7-10H2,1-2H3,(H,16,20)(H,18,19). The predicted octanol–water partition coefficient (Wildman–Crippen LogP) is 1.38. The number of nitrogens with zero attached hydrogens (tertiary/aromatic N) is 1. The number of rotatable bonds is 5. The highest BCUT2D eigenvalue weighted by atomic mass is 16.5. The molecular formula is C15H20N2O4. The first-order chi connectivity index (χ1) is 9.88. The average Bonchev–Trinajstić information content (AvgIpc) is 2.41. The van der Waals surface area contributed by atoms with Crippen molar-refractivity contribution >= 4 is 12.0 Å². The van der Waals surface area contributed by atoms with Crippen LogP contribution in [0.3, 0.4) is 0 Å². The number of carbonyl (C=O) groups is 2. The smallest absolute Gasteiger partial charge is 0.329 e. The molecule has 1 aliphatic rings. The number of carboxylic acid groups (broad SMARTS) is 1. The third kappa shape index (κ3) is 4.19. The van der Waals surface area contributed by atoms with Crippen molar-refractivity contribution < 1.29 is 19.4 Å². The molecule has 1 aromatic rings. The van der Waals surface area contributed by atoms with Crippen LogP contribution in [0.1, 0.15) is 18.1 Å². The predicted molar refractivity (Wildman–Crippen MR) is 77.0 cm³/mol. The summed E-state index contributed by atoms with van der Waals surface area (Å²) in [5.41, 5.74) is 1.66. The van der Waals surface area contributed by atoms with Crippen molar-refractivity contribution in [1.29, 1.82) is 0 Å². The van der Waals surface area contributed by atoms with Crippen LogP contribution in [-0.4, -0.2) is 47.3 Å². The van der Waals surface area contributed by atoms with Crippen molar-refractivity contribution in [2.45, 2.75) is 26.0 Å². The Morgan fingerprint density at radius 1 is 1.33 bits per heavy atom. The maximum Gasteiger partial charge on any atom is 0.329 e. The molecule has 0 radical (unpaired) electrons. The number of amides is 2. The molecule has 1 aliphatic heterocycles. The topological polar surface area (TPSA) is 78.9 Å². The summed E-state index contributed by atoms with van der Waals surface area (Å²) in [4.78, 5) is 24.0. The van der Waals surface area contributed by atoms with E-state index in [1.165, 1.54) is 5.56 Å². The minimum atomic E-state index is -1.00. The molecule has 1 saturated heterocycles. The largest absolute Gasteiger partial charge is 0.480 e. The van der Waals surface area contributed by atoms with Crippen LogP contribution in [0.25, 0.3) is 0 Å². The van der Waals surface area contributed by atoms with Gasteiger partial charge in [0.25, 0.3) is 0 Å². The number of hydrogen-bond acceptors (Lipinski definition) is 3. The van der Waals surface area contributed by atoms with E-state index in [-0.39, 0.29) is 12.6 Å². The molecule has 0 bridgehead atoms. The lowest BCUT2D eigenvalue weighted by Crippen LogP contribution is -2.65. The Hall–Kier alpha value is -2.08.